The number of ketones is 1. The van der Waals surface area contributed by atoms with Gasteiger partial charge in [-0.2, -0.15) is 5.26 Å². The molecule has 1 aliphatic heterocycles. The Labute approximate surface area is 156 Å². The maximum atomic E-state index is 13.1. The zero-order valence-corrected chi connectivity index (χ0v) is 14.4. The minimum Gasteiger partial charge on any atom is -0.487 e. The average molecular weight is 353 g/mol. The molecule has 0 unspecified atom stereocenters. The number of ether oxygens (including phenoxy) is 1. The van der Waals surface area contributed by atoms with Crippen molar-refractivity contribution in [1.82, 2.24) is 0 Å². The molecule has 4 heteroatoms. The lowest BCUT2D eigenvalue weighted by Gasteiger charge is -2.23. The molecule has 130 valence electrons. The lowest BCUT2D eigenvalue weighted by Crippen LogP contribution is -2.17. The Morgan fingerprint density at radius 3 is 2.26 bits per heavy atom. The van der Waals surface area contributed by atoms with Crippen molar-refractivity contribution in [1.29, 1.82) is 5.26 Å². The SMILES string of the molecule is N#CC1=C(c2ccccc2)OCC(C(=O)c2ccccc2)=C1c1ccco1. The van der Waals surface area contributed by atoms with Gasteiger partial charge in [0.2, 0.25) is 0 Å². The van der Waals surface area contributed by atoms with Crippen molar-refractivity contribution < 1.29 is 13.9 Å². The van der Waals surface area contributed by atoms with Crippen molar-refractivity contribution in [2.75, 3.05) is 6.61 Å². The third-order valence-electron chi connectivity index (χ3n) is 4.37. The van der Waals surface area contributed by atoms with Gasteiger partial charge in [0.1, 0.15) is 29.8 Å². The number of hydrogen-bond donors (Lipinski definition) is 0. The van der Waals surface area contributed by atoms with Gasteiger partial charge in [-0.15, -0.1) is 0 Å². The number of nitrogens with zero attached hydrogens (tertiary/aromatic N) is 1. The van der Waals surface area contributed by atoms with Crippen LogP contribution in [0.5, 0.6) is 0 Å². The number of rotatable bonds is 4. The van der Waals surface area contributed by atoms with E-state index in [0.717, 1.165) is 5.56 Å². The Bertz CT molecular complexity index is 1070. The van der Waals surface area contributed by atoms with Crippen LogP contribution in [0.25, 0.3) is 11.3 Å². The van der Waals surface area contributed by atoms with Gasteiger partial charge in [-0.3, -0.25) is 4.79 Å². The number of benzene rings is 2. The normalized spacial score (nSPS) is 13.9. The van der Waals surface area contributed by atoms with Gasteiger partial charge in [0.25, 0.3) is 0 Å². The standard InChI is InChI=1S/C23H15NO3/c24-14-18-21(20-12-7-13-26-20)19(22(25)16-8-3-1-4-9-16)15-27-23(18)17-10-5-2-6-11-17/h1-13H,15H2. The molecule has 0 saturated carbocycles. The first-order chi connectivity index (χ1) is 13.3. The van der Waals surface area contributed by atoms with E-state index in [9.17, 15) is 10.1 Å². The first-order valence-electron chi connectivity index (χ1n) is 8.49. The molecule has 0 N–H and O–H groups in total. The molecule has 1 aliphatic rings. The summed E-state index contributed by atoms with van der Waals surface area (Å²) in [6.45, 7) is 0.0686. The summed E-state index contributed by atoms with van der Waals surface area (Å²) < 4.78 is 11.4. The maximum Gasteiger partial charge on any atom is 0.193 e. The molecule has 2 aromatic carbocycles. The van der Waals surface area contributed by atoms with E-state index in [0.29, 0.717) is 33.8 Å². The molecule has 4 nitrogen and oxygen atoms in total. The number of Topliss-reactive ketones (excluding diaryl/α,β-unsaturated/α-hetero) is 1. The predicted octanol–water partition coefficient (Wildman–Crippen LogP) is 4.88. The Balaban J connectivity index is 1.94. The highest BCUT2D eigenvalue weighted by atomic mass is 16.5. The molecule has 3 aromatic rings. The van der Waals surface area contributed by atoms with Gasteiger partial charge in [-0.1, -0.05) is 60.7 Å². The van der Waals surface area contributed by atoms with Gasteiger partial charge < -0.3 is 9.15 Å². The first-order valence-corrected chi connectivity index (χ1v) is 8.49. The third-order valence-corrected chi connectivity index (χ3v) is 4.37. The summed E-state index contributed by atoms with van der Waals surface area (Å²) >= 11 is 0. The quantitative estimate of drug-likeness (QED) is 0.627. The Morgan fingerprint density at radius 1 is 0.926 bits per heavy atom. The van der Waals surface area contributed by atoms with Gasteiger partial charge in [0.05, 0.1) is 6.26 Å². The van der Waals surface area contributed by atoms with Crippen molar-refractivity contribution in [3.63, 3.8) is 0 Å². The number of carbonyl (C=O) groups is 1. The largest absolute Gasteiger partial charge is 0.487 e. The van der Waals surface area contributed by atoms with Gasteiger partial charge in [0, 0.05) is 22.3 Å². The minimum atomic E-state index is -0.179. The second-order valence-electron chi connectivity index (χ2n) is 6.00. The van der Waals surface area contributed by atoms with Crippen LogP contribution in [0.3, 0.4) is 0 Å². The van der Waals surface area contributed by atoms with Crippen LogP contribution in [-0.4, -0.2) is 12.4 Å². The van der Waals surface area contributed by atoms with E-state index in [2.05, 4.69) is 6.07 Å². The zero-order chi connectivity index (χ0) is 18.6. The Kier molecular flexibility index (Phi) is 4.42. The smallest absolute Gasteiger partial charge is 0.193 e. The monoisotopic (exact) mass is 353 g/mol. The van der Waals surface area contributed by atoms with Gasteiger partial charge in [0.15, 0.2) is 5.78 Å². The number of carbonyl (C=O) groups excluding carboxylic acids is 1. The molecule has 0 atom stereocenters. The highest BCUT2D eigenvalue weighted by Gasteiger charge is 2.30. The van der Waals surface area contributed by atoms with E-state index in [-0.39, 0.29) is 12.4 Å². The molecule has 27 heavy (non-hydrogen) atoms. The molecule has 0 amide bonds. The van der Waals surface area contributed by atoms with Gasteiger partial charge in [-0.25, -0.2) is 0 Å². The van der Waals surface area contributed by atoms with E-state index >= 15 is 0 Å². The van der Waals surface area contributed by atoms with E-state index < -0.39 is 0 Å². The highest BCUT2D eigenvalue weighted by Crippen LogP contribution is 2.38. The fourth-order valence-corrected chi connectivity index (χ4v) is 3.11. The lowest BCUT2D eigenvalue weighted by atomic mass is 9.89. The summed E-state index contributed by atoms with van der Waals surface area (Å²) in [5, 5.41) is 9.89. The highest BCUT2D eigenvalue weighted by molar-refractivity contribution is 6.16. The topological polar surface area (TPSA) is 63.2 Å². The molecule has 0 aliphatic carbocycles. The molecular weight excluding hydrogens is 338 g/mol. The summed E-state index contributed by atoms with van der Waals surface area (Å²) in [5.41, 5.74) is 2.51. The van der Waals surface area contributed by atoms with Crippen LogP contribution in [0.4, 0.5) is 0 Å². The zero-order valence-electron chi connectivity index (χ0n) is 14.4. The van der Waals surface area contributed by atoms with Crippen molar-refractivity contribution in [3.8, 4) is 6.07 Å². The summed E-state index contributed by atoms with van der Waals surface area (Å²) in [5.74, 6) is 0.749. The van der Waals surface area contributed by atoms with Crippen LogP contribution in [-0.2, 0) is 4.74 Å². The summed E-state index contributed by atoms with van der Waals surface area (Å²) in [6, 6.07) is 24.0. The molecular formula is C23H15NO3. The minimum absolute atomic E-state index is 0.0686. The van der Waals surface area contributed by atoms with Crippen molar-refractivity contribution in [3.05, 3.63) is 107 Å². The Hall–Kier alpha value is -3.84. The summed E-state index contributed by atoms with van der Waals surface area (Å²) in [4.78, 5) is 13.1. The van der Waals surface area contributed by atoms with Crippen molar-refractivity contribution in [2.45, 2.75) is 0 Å². The van der Waals surface area contributed by atoms with E-state index in [1.807, 2.05) is 36.4 Å². The van der Waals surface area contributed by atoms with Crippen molar-refractivity contribution >= 4 is 17.1 Å². The first kappa shape index (κ1) is 16.6. The summed E-state index contributed by atoms with van der Waals surface area (Å²) in [7, 11) is 0. The van der Waals surface area contributed by atoms with Crippen LogP contribution in [0, 0.1) is 11.3 Å². The van der Waals surface area contributed by atoms with Crippen LogP contribution in [0.2, 0.25) is 0 Å². The second-order valence-corrected chi connectivity index (χ2v) is 6.00. The average Bonchev–Trinajstić information content (AvgIpc) is 3.28. The van der Waals surface area contributed by atoms with Crippen LogP contribution >= 0.6 is 0 Å². The van der Waals surface area contributed by atoms with Crippen LogP contribution in [0.15, 0.2) is 94.6 Å². The molecule has 1 aromatic heterocycles. The molecule has 2 heterocycles. The number of allylic oxidation sites excluding steroid dienone is 2. The molecule has 0 bridgehead atoms. The third kappa shape index (κ3) is 3.07. The molecule has 0 radical (unpaired) electrons. The van der Waals surface area contributed by atoms with E-state index in [4.69, 9.17) is 9.15 Å². The lowest BCUT2D eigenvalue weighted by molar-refractivity contribution is 0.101. The van der Waals surface area contributed by atoms with Gasteiger partial charge >= 0.3 is 0 Å². The Morgan fingerprint density at radius 2 is 1.63 bits per heavy atom. The van der Waals surface area contributed by atoms with E-state index in [1.165, 1.54) is 6.26 Å². The predicted molar refractivity (Wildman–Crippen MR) is 101 cm³/mol. The van der Waals surface area contributed by atoms with Gasteiger partial charge in [-0.05, 0) is 12.1 Å². The van der Waals surface area contributed by atoms with Crippen LogP contribution < -0.4 is 0 Å². The number of furan rings is 1. The molecule has 0 spiro atoms. The number of nitriles is 1. The molecule has 4 rings (SSSR count). The van der Waals surface area contributed by atoms with E-state index in [1.54, 1.807) is 36.4 Å². The van der Waals surface area contributed by atoms with Crippen molar-refractivity contribution in [2.24, 2.45) is 0 Å². The molecule has 0 fully saturated rings. The fourth-order valence-electron chi connectivity index (χ4n) is 3.11. The molecule has 0 saturated heterocycles. The summed E-state index contributed by atoms with van der Waals surface area (Å²) in [6.07, 6.45) is 1.53. The fraction of sp³-hybridized carbons (Fsp3) is 0.0435. The second kappa shape index (κ2) is 7.19. The maximum absolute atomic E-state index is 13.1. The number of hydrogen-bond acceptors (Lipinski definition) is 4. The van der Waals surface area contributed by atoms with Crippen LogP contribution in [0.1, 0.15) is 21.7 Å².